The van der Waals surface area contributed by atoms with Gasteiger partial charge in [-0.2, -0.15) is 0 Å². The van der Waals surface area contributed by atoms with Crippen LogP contribution in [0.25, 0.3) is 0 Å². The molecule has 0 aliphatic heterocycles. The first-order valence-electron chi connectivity index (χ1n) is 6.58. The average molecular weight is 368 g/mol. The monoisotopic (exact) mass is 367 g/mol. The van der Waals surface area contributed by atoms with Crippen molar-refractivity contribution < 1.29 is 9.18 Å². The van der Waals surface area contributed by atoms with Gasteiger partial charge in [0, 0.05) is 15.9 Å². The van der Waals surface area contributed by atoms with Crippen LogP contribution in [-0.2, 0) is 0 Å². The maximum Gasteiger partial charge on any atom is 0.252 e. The minimum absolute atomic E-state index is 0.0748. The number of carbonyl (C=O) groups excluding carboxylic acids is 1. The van der Waals surface area contributed by atoms with E-state index in [-0.39, 0.29) is 11.7 Å². The molecule has 2 nitrogen and oxygen atoms in total. The highest BCUT2D eigenvalue weighted by atomic mass is 79.9. The van der Waals surface area contributed by atoms with Crippen LogP contribution in [0.1, 0.15) is 16.8 Å². The lowest BCUT2D eigenvalue weighted by molar-refractivity contribution is 0.0953. The third-order valence-electron chi connectivity index (χ3n) is 2.81. The van der Waals surface area contributed by atoms with Gasteiger partial charge in [0.2, 0.25) is 0 Å². The maximum atomic E-state index is 12.8. The topological polar surface area (TPSA) is 29.1 Å². The lowest BCUT2D eigenvalue weighted by Gasteiger charge is -2.06. The van der Waals surface area contributed by atoms with E-state index in [0.29, 0.717) is 12.1 Å². The Morgan fingerprint density at radius 3 is 2.57 bits per heavy atom. The predicted molar refractivity (Wildman–Crippen MR) is 88.2 cm³/mol. The molecule has 0 heterocycles. The van der Waals surface area contributed by atoms with Crippen LogP contribution >= 0.6 is 27.7 Å². The number of rotatable bonds is 6. The van der Waals surface area contributed by atoms with Crippen molar-refractivity contribution in [2.24, 2.45) is 0 Å². The van der Waals surface area contributed by atoms with Gasteiger partial charge in [0.1, 0.15) is 5.82 Å². The van der Waals surface area contributed by atoms with Crippen LogP contribution in [0.5, 0.6) is 0 Å². The van der Waals surface area contributed by atoms with Gasteiger partial charge in [-0.05, 0) is 64.5 Å². The number of amides is 1. The van der Waals surface area contributed by atoms with Gasteiger partial charge in [0.05, 0.1) is 5.56 Å². The summed E-state index contributed by atoms with van der Waals surface area (Å²) in [6.07, 6.45) is 0.859. The third-order valence-corrected chi connectivity index (χ3v) is 4.60. The smallest absolute Gasteiger partial charge is 0.252 e. The molecule has 0 saturated carbocycles. The largest absolute Gasteiger partial charge is 0.352 e. The van der Waals surface area contributed by atoms with Gasteiger partial charge in [-0.3, -0.25) is 4.79 Å². The number of hydrogen-bond acceptors (Lipinski definition) is 2. The number of thioether (sulfide) groups is 1. The molecule has 110 valence electrons. The molecule has 1 amide bonds. The predicted octanol–water partition coefficient (Wildman–Crippen LogP) is 4.50. The second-order valence-electron chi connectivity index (χ2n) is 4.39. The van der Waals surface area contributed by atoms with E-state index < -0.39 is 0 Å². The van der Waals surface area contributed by atoms with E-state index in [1.807, 2.05) is 18.2 Å². The highest BCUT2D eigenvalue weighted by Crippen LogP contribution is 2.19. The quantitative estimate of drug-likeness (QED) is 0.601. The molecule has 2 aromatic carbocycles. The van der Waals surface area contributed by atoms with Crippen LogP contribution in [-0.4, -0.2) is 18.2 Å². The molecule has 2 rings (SSSR count). The minimum atomic E-state index is -0.222. The first-order chi connectivity index (χ1) is 10.2. The standard InChI is InChI=1S/C16H15BrFNOS/c17-15-5-2-1-4-14(15)16(20)19-10-3-11-21-13-8-6-12(18)7-9-13/h1-2,4-9H,3,10-11H2,(H,19,20). The Morgan fingerprint density at radius 2 is 1.86 bits per heavy atom. The van der Waals surface area contributed by atoms with Gasteiger partial charge in [-0.25, -0.2) is 4.39 Å². The Balaban J connectivity index is 1.69. The Hall–Kier alpha value is -1.33. The summed E-state index contributed by atoms with van der Waals surface area (Å²) in [7, 11) is 0. The molecule has 21 heavy (non-hydrogen) atoms. The molecule has 0 fully saturated rings. The minimum Gasteiger partial charge on any atom is -0.352 e. The van der Waals surface area contributed by atoms with Gasteiger partial charge >= 0.3 is 0 Å². The number of nitrogens with one attached hydrogen (secondary N) is 1. The van der Waals surface area contributed by atoms with Crippen LogP contribution in [0, 0.1) is 5.82 Å². The third kappa shape index (κ3) is 5.17. The zero-order valence-corrected chi connectivity index (χ0v) is 13.7. The summed E-state index contributed by atoms with van der Waals surface area (Å²) in [5.74, 6) is 0.580. The highest BCUT2D eigenvalue weighted by molar-refractivity contribution is 9.10. The fourth-order valence-electron chi connectivity index (χ4n) is 1.74. The van der Waals surface area contributed by atoms with E-state index in [4.69, 9.17) is 0 Å². The first-order valence-corrected chi connectivity index (χ1v) is 8.36. The van der Waals surface area contributed by atoms with Crippen LogP contribution in [0.2, 0.25) is 0 Å². The number of carbonyl (C=O) groups is 1. The summed E-state index contributed by atoms with van der Waals surface area (Å²) in [4.78, 5) is 13.0. The summed E-state index contributed by atoms with van der Waals surface area (Å²) in [6.45, 7) is 0.619. The molecule has 2 aromatic rings. The number of benzene rings is 2. The van der Waals surface area contributed by atoms with Crippen LogP contribution in [0.4, 0.5) is 4.39 Å². The maximum absolute atomic E-state index is 12.8. The molecule has 0 aliphatic carbocycles. The molecule has 0 bridgehead atoms. The van der Waals surface area contributed by atoms with Crippen molar-refractivity contribution in [1.82, 2.24) is 5.32 Å². The van der Waals surface area contributed by atoms with E-state index >= 15 is 0 Å². The molecule has 1 N–H and O–H groups in total. The van der Waals surface area contributed by atoms with Crippen molar-refractivity contribution in [3.8, 4) is 0 Å². The van der Waals surface area contributed by atoms with E-state index in [1.54, 1.807) is 30.0 Å². The van der Waals surface area contributed by atoms with Gasteiger partial charge < -0.3 is 5.32 Å². The average Bonchev–Trinajstić information content (AvgIpc) is 2.49. The second-order valence-corrected chi connectivity index (χ2v) is 6.41. The Kier molecular flexibility index (Phi) is 6.26. The Labute approximate surface area is 136 Å². The summed E-state index contributed by atoms with van der Waals surface area (Å²) < 4.78 is 13.5. The zero-order valence-electron chi connectivity index (χ0n) is 11.3. The zero-order chi connectivity index (χ0) is 15.1. The Morgan fingerprint density at radius 1 is 1.14 bits per heavy atom. The fraction of sp³-hybridized carbons (Fsp3) is 0.188. The fourth-order valence-corrected chi connectivity index (χ4v) is 3.05. The lowest BCUT2D eigenvalue weighted by atomic mass is 10.2. The SMILES string of the molecule is O=C(NCCCSc1ccc(F)cc1)c1ccccc1Br. The van der Waals surface area contributed by atoms with Crippen molar-refractivity contribution in [1.29, 1.82) is 0 Å². The van der Waals surface area contributed by atoms with Crippen molar-refractivity contribution in [2.75, 3.05) is 12.3 Å². The van der Waals surface area contributed by atoms with Crippen LogP contribution in [0.15, 0.2) is 57.9 Å². The van der Waals surface area contributed by atoms with Gasteiger partial charge in [-0.15, -0.1) is 11.8 Å². The molecule has 0 aromatic heterocycles. The molecule has 0 unspecified atom stereocenters. The van der Waals surface area contributed by atoms with Crippen molar-refractivity contribution in [2.45, 2.75) is 11.3 Å². The molecule has 0 atom stereocenters. The molecule has 0 spiro atoms. The van der Waals surface area contributed by atoms with Crippen LogP contribution < -0.4 is 5.32 Å². The van der Waals surface area contributed by atoms with E-state index in [1.165, 1.54) is 12.1 Å². The van der Waals surface area contributed by atoms with Gasteiger partial charge in [0.25, 0.3) is 5.91 Å². The van der Waals surface area contributed by atoms with Crippen molar-refractivity contribution in [3.63, 3.8) is 0 Å². The van der Waals surface area contributed by atoms with Crippen molar-refractivity contribution in [3.05, 3.63) is 64.4 Å². The van der Waals surface area contributed by atoms with Gasteiger partial charge in [0.15, 0.2) is 0 Å². The molecular weight excluding hydrogens is 353 g/mol. The Bertz CT molecular complexity index is 603. The number of hydrogen-bond donors (Lipinski definition) is 1. The highest BCUT2D eigenvalue weighted by Gasteiger charge is 2.07. The van der Waals surface area contributed by atoms with E-state index in [2.05, 4.69) is 21.2 Å². The summed E-state index contributed by atoms with van der Waals surface area (Å²) in [5, 5.41) is 2.89. The van der Waals surface area contributed by atoms with Gasteiger partial charge in [-0.1, -0.05) is 12.1 Å². The van der Waals surface area contributed by atoms with E-state index in [9.17, 15) is 9.18 Å². The summed E-state index contributed by atoms with van der Waals surface area (Å²) in [5.41, 5.74) is 0.642. The summed E-state index contributed by atoms with van der Waals surface area (Å²) in [6, 6.07) is 13.8. The molecular formula is C16H15BrFNOS. The van der Waals surface area contributed by atoms with Crippen molar-refractivity contribution >= 4 is 33.6 Å². The second kappa shape index (κ2) is 8.20. The van der Waals surface area contributed by atoms with Crippen LogP contribution in [0.3, 0.4) is 0 Å². The normalized spacial score (nSPS) is 10.4. The lowest BCUT2D eigenvalue weighted by Crippen LogP contribution is -2.25. The number of halogens is 2. The van der Waals surface area contributed by atoms with E-state index in [0.717, 1.165) is 21.5 Å². The molecule has 0 saturated heterocycles. The summed E-state index contributed by atoms with van der Waals surface area (Å²) >= 11 is 5.01. The molecule has 0 radical (unpaired) electrons. The molecule has 0 aliphatic rings. The first kappa shape index (κ1) is 16.0. The molecule has 5 heteroatoms.